The number of hydrogen-bond acceptors (Lipinski definition) is 4. The molecular weight excluding hydrogens is 388 g/mol. The minimum atomic E-state index is -0.308. The Bertz CT molecular complexity index is 651. The molecule has 0 radical (unpaired) electrons. The van der Waals surface area contributed by atoms with E-state index in [0.717, 1.165) is 70.5 Å². The normalized spacial score (nSPS) is 51.3. The molecule has 31 heavy (non-hydrogen) atoms. The molecule has 4 nitrogen and oxygen atoms in total. The summed E-state index contributed by atoms with van der Waals surface area (Å²) in [6, 6.07) is 0. The fraction of sp³-hybridized carbons (Fsp3) is 0.963. The number of hydrogen-bond donors (Lipinski definition) is 3. The van der Waals surface area contributed by atoms with E-state index >= 15 is 0 Å². The zero-order valence-electron chi connectivity index (χ0n) is 20.2. The van der Waals surface area contributed by atoms with Crippen molar-refractivity contribution in [1.29, 1.82) is 0 Å². The molecular formula is C27H46O4. The van der Waals surface area contributed by atoms with Gasteiger partial charge >= 0.3 is 0 Å². The molecule has 12 atom stereocenters. The number of aliphatic hydroxyl groups is 3. The molecule has 178 valence electrons. The van der Waals surface area contributed by atoms with Crippen LogP contribution in [0.25, 0.3) is 0 Å². The molecule has 0 aromatic heterocycles. The van der Waals surface area contributed by atoms with E-state index in [1.807, 2.05) is 6.92 Å². The smallest absolute Gasteiger partial charge is 0.122 e. The van der Waals surface area contributed by atoms with Gasteiger partial charge in [0, 0.05) is 5.92 Å². The van der Waals surface area contributed by atoms with Crippen LogP contribution in [0.1, 0.15) is 91.9 Å². The summed E-state index contributed by atoms with van der Waals surface area (Å²) >= 11 is 0. The third-order valence-electron chi connectivity index (χ3n) is 11.1. The number of aldehydes is 1. The highest BCUT2D eigenvalue weighted by Crippen LogP contribution is 2.68. The predicted molar refractivity (Wildman–Crippen MR) is 122 cm³/mol. The van der Waals surface area contributed by atoms with Gasteiger partial charge in [0.15, 0.2) is 0 Å². The van der Waals surface area contributed by atoms with Gasteiger partial charge in [0.2, 0.25) is 0 Å². The molecule has 4 aliphatic rings. The molecule has 4 aliphatic carbocycles. The Morgan fingerprint density at radius 1 is 0.968 bits per heavy atom. The molecule has 4 rings (SSSR count). The lowest BCUT2D eigenvalue weighted by Gasteiger charge is -2.63. The summed E-state index contributed by atoms with van der Waals surface area (Å²) in [6.07, 6.45) is 9.98. The van der Waals surface area contributed by atoms with E-state index in [-0.39, 0.29) is 41.0 Å². The maximum atomic E-state index is 11.6. The van der Waals surface area contributed by atoms with Crippen molar-refractivity contribution in [3.05, 3.63) is 0 Å². The third-order valence-corrected chi connectivity index (χ3v) is 11.1. The van der Waals surface area contributed by atoms with Gasteiger partial charge in [-0.05, 0) is 97.7 Å². The zero-order valence-corrected chi connectivity index (χ0v) is 20.2. The quantitative estimate of drug-likeness (QED) is 0.534. The molecule has 3 N–H and O–H groups in total. The topological polar surface area (TPSA) is 77.8 Å². The molecule has 0 aromatic rings. The summed E-state index contributed by atoms with van der Waals surface area (Å²) in [7, 11) is 0. The van der Waals surface area contributed by atoms with Gasteiger partial charge in [0.05, 0.1) is 18.3 Å². The van der Waals surface area contributed by atoms with E-state index in [2.05, 4.69) is 20.8 Å². The standard InChI is InChI=1S/C27H46O4/c1-16(15-28)6-5-7-17(2)20-8-9-21-25-22(14-24(31)27(20,21)4)26(3)11-10-19(29)12-18(26)13-23(25)30/h15-25,29-31H,5-14H2,1-4H3/t16?,17-,18+,19-,20-,21+,22+,23-,24+,25+,26-,27+/m1/s1. The maximum Gasteiger partial charge on any atom is 0.122 e. The van der Waals surface area contributed by atoms with Crippen LogP contribution in [0.4, 0.5) is 0 Å². The average Bonchev–Trinajstić information content (AvgIpc) is 3.08. The Hall–Kier alpha value is -0.450. The van der Waals surface area contributed by atoms with Crippen molar-refractivity contribution in [2.75, 3.05) is 0 Å². The molecule has 4 saturated carbocycles. The molecule has 0 spiro atoms. The second-order valence-electron chi connectivity index (χ2n) is 12.5. The fourth-order valence-electron chi connectivity index (χ4n) is 9.16. The van der Waals surface area contributed by atoms with Gasteiger partial charge in [0.25, 0.3) is 0 Å². The van der Waals surface area contributed by atoms with Crippen LogP contribution in [0.5, 0.6) is 0 Å². The highest BCUT2D eigenvalue weighted by molar-refractivity contribution is 5.52. The number of rotatable bonds is 6. The highest BCUT2D eigenvalue weighted by Gasteiger charge is 2.65. The van der Waals surface area contributed by atoms with Crippen molar-refractivity contribution in [2.24, 2.45) is 52.3 Å². The van der Waals surface area contributed by atoms with Crippen molar-refractivity contribution in [3.63, 3.8) is 0 Å². The van der Waals surface area contributed by atoms with Crippen molar-refractivity contribution >= 4 is 6.29 Å². The molecule has 0 aromatic carbocycles. The van der Waals surface area contributed by atoms with Crippen LogP contribution < -0.4 is 0 Å². The van der Waals surface area contributed by atoms with Gasteiger partial charge in [-0.15, -0.1) is 0 Å². The van der Waals surface area contributed by atoms with Crippen LogP contribution in [-0.2, 0) is 4.79 Å². The summed E-state index contributed by atoms with van der Waals surface area (Å²) < 4.78 is 0. The van der Waals surface area contributed by atoms with E-state index in [1.54, 1.807) is 0 Å². The molecule has 0 aliphatic heterocycles. The summed E-state index contributed by atoms with van der Waals surface area (Å²) in [4.78, 5) is 11.0. The van der Waals surface area contributed by atoms with E-state index in [0.29, 0.717) is 29.6 Å². The van der Waals surface area contributed by atoms with Crippen molar-refractivity contribution in [3.8, 4) is 0 Å². The first-order valence-electron chi connectivity index (χ1n) is 13.1. The van der Waals surface area contributed by atoms with Crippen LogP contribution in [0.15, 0.2) is 0 Å². The second kappa shape index (κ2) is 8.72. The third kappa shape index (κ3) is 3.83. The lowest BCUT2D eigenvalue weighted by molar-refractivity contribution is -0.207. The maximum absolute atomic E-state index is 11.6. The lowest BCUT2D eigenvalue weighted by atomic mass is 9.43. The molecule has 0 amide bonds. The van der Waals surface area contributed by atoms with Gasteiger partial charge in [-0.3, -0.25) is 0 Å². The number of aliphatic hydroxyl groups excluding tert-OH is 3. The lowest BCUT2D eigenvalue weighted by Crippen LogP contribution is -2.62. The highest BCUT2D eigenvalue weighted by atomic mass is 16.3. The minimum Gasteiger partial charge on any atom is -0.393 e. The van der Waals surface area contributed by atoms with E-state index in [9.17, 15) is 20.1 Å². The van der Waals surface area contributed by atoms with Gasteiger partial charge in [-0.25, -0.2) is 0 Å². The van der Waals surface area contributed by atoms with E-state index in [4.69, 9.17) is 0 Å². The summed E-state index contributed by atoms with van der Waals surface area (Å²) in [6.45, 7) is 9.07. The van der Waals surface area contributed by atoms with Crippen molar-refractivity contribution in [1.82, 2.24) is 0 Å². The number of carbonyl (C=O) groups excluding carboxylic acids is 1. The van der Waals surface area contributed by atoms with Crippen LogP contribution in [-0.4, -0.2) is 39.9 Å². The van der Waals surface area contributed by atoms with Crippen LogP contribution in [0, 0.1) is 52.3 Å². The van der Waals surface area contributed by atoms with Gasteiger partial charge in [0.1, 0.15) is 6.29 Å². The van der Waals surface area contributed by atoms with Crippen molar-refractivity contribution in [2.45, 2.75) is 110 Å². The first-order chi connectivity index (χ1) is 14.6. The van der Waals surface area contributed by atoms with Gasteiger partial charge in [-0.2, -0.15) is 0 Å². The molecule has 0 saturated heterocycles. The van der Waals surface area contributed by atoms with Crippen molar-refractivity contribution < 1.29 is 20.1 Å². The molecule has 0 heterocycles. The molecule has 4 fully saturated rings. The Labute approximate surface area is 189 Å². The van der Waals surface area contributed by atoms with Crippen LogP contribution in [0.3, 0.4) is 0 Å². The first kappa shape index (κ1) is 23.7. The van der Waals surface area contributed by atoms with Crippen LogP contribution in [0.2, 0.25) is 0 Å². The molecule has 0 bridgehead atoms. The number of carbonyl (C=O) groups is 1. The van der Waals surface area contributed by atoms with E-state index < -0.39 is 0 Å². The van der Waals surface area contributed by atoms with Crippen LogP contribution >= 0.6 is 0 Å². The SMILES string of the molecule is CC(C=O)CCC[C@@H](C)[C@H]1CC[C@H]2[C@@H]3[C@H](O)C[C@@H]4C[C@H](O)CC[C@@]4(C)[C@H]3C[C@H](O)[C@@]12C. The summed E-state index contributed by atoms with van der Waals surface area (Å²) in [5.41, 5.74) is 0.0231. The largest absolute Gasteiger partial charge is 0.393 e. The predicted octanol–water partition coefficient (Wildman–Crippen LogP) is 4.59. The monoisotopic (exact) mass is 434 g/mol. The molecule has 4 heteroatoms. The fourth-order valence-corrected chi connectivity index (χ4v) is 9.16. The van der Waals surface area contributed by atoms with Gasteiger partial charge in [-0.1, -0.05) is 40.5 Å². The Morgan fingerprint density at radius 3 is 2.42 bits per heavy atom. The Morgan fingerprint density at radius 2 is 1.71 bits per heavy atom. The van der Waals surface area contributed by atoms with Gasteiger partial charge < -0.3 is 20.1 Å². The Kier molecular flexibility index (Phi) is 6.67. The van der Waals surface area contributed by atoms with E-state index in [1.165, 1.54) is 0 Å². The summed E-state index contributed by atoms with van der Waals surface area (Å²) in [5.74, 6) is 2.59. The number of fused-ring (bicyclic) bond motifs is 5. The first-order valence-corrected chi connectivity index (χ1v) is 13.1. The second-order valence-corrected chi connectivity index (χ2v) is 12.5. The average molecular weight is 435 g/mol. The summed E-state index contributed by atoms with van der Waals surface area (Å²) in [5, 5.41) is 33.2. The Balaban J connectivity index is 1.53. The minimum absolute atomic E-state index is 0.116. The zero-order chi connectivity index (χ0) is 22.6. The molecule has 1 unspecified atom stereocenters.